The fraction of sp³-hybridized carbons (Fsp3) is 0.538. The Morgan fingerprint density at radius 1 is 1.06 bits per heavy atom. The Labute approximate surface area is 190 Å². The van der Waals surface area contributed by atoms with Crippen LogP contribution in [0.3, 0.4) is 0 Å². The van der Waals surface area contributed by atoms with Crippen molar-refractivity contribution >= 4 is 11.8 Å². The van der Waals surface area contributed by atoms with Crippen LogP contribution >= 0.6 is 0 Å². The van der Waals surface area contributed by atoms with Crippen LogP contribution < -0.4 is 5.32 Å². The second-order valence-electron chi connectivity index (χ2n) is 9.44. The number of ether oxygens (including phenoxy) is 1. The standard InChI is InChI=1S/C26H33N3O3/c30-26(31)24(19-5-2-1-3-6-19)29-16-14-22(17-29)32-21-11-8-18(9-12-21)23-13-10-20-7-4-15-27-25(20)28-23/h1-3,5-6,10,13,18,21-22,24H,4,7-9,11-12,14-17H2,(H,27,28)(H,30,31)/t18?,21?,22-,24?/m1/s1. The van der Waals surface area contributed by atoms with Gasteiger partial charge in [0.25, 0.3) is 0 Å². The van der Waals surface area contributed by atoms with Crippen LogP contribution in [0.25, 0.3) is 0 Å². The number of aryl methyl sites for hydroxylation is 1. The third-order valence-corrected chi connectivity index (χ3v) is 7.28. The molecule has 6 nitrogen and oxygen atoms in total. The summed E-state index contributed by atoms with van der Waals surface area (Å²) < 4.78 is 6.46. The summed E-state index contributed by atoms with van der Waals surface area (Å²) in [5, 5.41) is 13.3. The second kappa shape index (κ2) is 9.59. The minimum absolute atomic E-state index is 0.119. The summed E-state index contributed by atoms with van der Waals surface area (Å²) in [6.45, 7) is 2.47. The van der Waals surface area contributed by atoms with Crippen LogP contribution in [-0.4, -0.2) is 52.8 Å². The van der Waals surface area contributed by atoms with E-state index in [4.69, 9.17) is 9.72 Å². The molecular weight excluding hydrogens is 402 g/mol. The molecule has 3 aliphatic rings. The molecule has 1 aliphatic carbocycles. The normalized spacial score (nSPS) is 26.8. The molecule has 1 aromatic heterocycles. The molecule has 2 aliphatic heterocycles. The number of nitrogens with zero attached hydrogens (tertiary/aromatic N) is 2. The van der Waals surface area contributed by atoms with Crippen molar-refractivity contribution in [2.75, 3.05) is 25.0 Å². The lowest BCUT2D eigenvalue weighted by molar-refractivity contribution is -0.143. The van der Waals surface area contributed by atoms with Gasteiger partial charge in [-0.1, -0.05) is 36.4 Å². The third-order valence-electron chi connectivity index (χ3n) is 7.28. The number of pyridine rings is 1. The van der Waals surface area contributed by atoms with E-state index < -0.39 is 12.0 Å². The zero-order valence-corrected chi connectivity index (χ0v) is 18.6. The summed E-state index contributed by atoms with van der Waals surface area (Å²) in [5.74, 6) is 0.812. The van der Waals surface area contributed by atoms with Crippen LogP contribution in [0.5, 0.6) is 0 Å². The number of carboxylic acids is 1. The predicted octanol–water partition coefficient (Wildman–Crippen LogP) is 4.38. The molecule has 6 heteroatoms. The summed E-state index contributed by atoms with van der Waals surface area (Å²) in [4.78, 5) is 18.9. The fourth-order valence-electron chi connectivity index (χ4n) is 5.58. The quantitative estimate of drug-likeness (QED) is 0.701. The van der Waals surface area contributed by atoms with Gasteiger partial charge in [-0.05, 0) is 62.1 Å². The van der Waals surface area contributed by atoms with Crippen molar-refractivity contribution in [2.24, 2.45) is 0 Å². The average Bonchev–Trinajstić information content (AvgIpc) is 3.27. The third kappa shape index (κ3) is 4.66. The van der Waals surface area contributed by atoms with E-state index in [0.29, 0.717) is 12.5 Å². The van der Waals surface area contributed by atoms with E-state index in [1.165, 1.54) is 17.7 Å². The highest BCUT2D eigenvalue weighted by molar-refractivity contribution is 5.75. The molecule has 0 spiro atoms. The van der Waals surface area contributed by atoms with E-state index in [2.05, 4.69) is 22.3 Å². The summed E-state index contributed by atoms with van der Waals surface area (Å²) in [6, 6.07) is 13.4. The number of rotatable bonds is 6. The SMILES string of the molecule is O=C(O)C(c1ccccc1)N1CC[C@@H](OC2CCC(c3ccc4c(n3)NCCC4)CC2)C1. The van der Waals surface area contributed by atoms with Crippen molar-refractivity contribution in [3.05, 3.63) is 59.3 Å². The van der Waals surface area contributed by atoms with Gasteiger partial charge >= 0.3 is 5.97 Å². The van der Waals surface area contributed by atoms with Crippen molar-refractivity contribution in [3.8, 4) is 0 Å². The van der Waals surface area contributed by atoms with E-state index >= 15 is 0 Å². The van der Waals surface area contributed by atoms with Crippen LogP contribution in [0.4, 0.5) is 5.82 Å². The number of carbonyl (C=O) groups is 1. The lowest BCUT2D eigenvalue weighted by Gasteiger charge is -2.31. The molecule has 0 amide bonds. The van der Waals surface area contributed by atoms with Crippen LogP contribution in [-0.2, 0) is 16.0 Å². The van der Waals surface area contributed by atoms with E-state index in [9.17, 15) is 9.90 Å². The molecule has 1 saturated carbocycles. The van der Waals surface area contributed by atoms with Crippen molar-refractivity contribution in [1.82, 2.24) is 9.88 Å². The van der Waals surface area contributed by atoms with Gasteiger partial charge in [0.05, 0.1) is 12.2 Å². The summed E-state index contributed by atoms with van der Waals surface area (Å²) in [6.07, 6.45) is 7.91. The Bertz CT molecular complexity index is 927. The number of hydrogen-bond donors (Lipinski definition) is 2. The summed E-state index contributed by atoms with van der Waals surface area (Å²) in [5.41, 5.74) is 3.40. The maximum absolute atomic E-state index is 12.0. The van der Waals surface area contributed by atoms with Crippen molar-refractivity contribution < 1.29 is 14.6 Å². The first-order chi connectivity index (χ1) is 15.7. The first-order valence-electron chi connectivity index (χ1n) is 12.1. The fourth-order valence-corrected chi connectivity index (χ4v) is 5.58. The second-order valence-corrected chi connectivity index (χ2v) is 9.44. The van der Waals surface area contributed by atoms with Gasteiger partial charge in [0.15, 0.2) is 0 Å². The highest BCUT2D eigenvalue weighted by Gasteiger charge is 2.35. The van der Waals surface area contributed by atoms with Gasteiger partial charge in [0.1, 0.15) is 11.9 Å². The molecule has 1 saturated heterocycles. The van der Waals surface area contributed by atoms with Gasteiger partial charge in [-0.3, -0.25) is 9.69 Å². The molecule has 3 heterocycles. The van der Waals surface area contributed by atoms with E-state index in [1.54, 1.807) is 0 Å². The number of benzene rings is 1. The minimum atomic E-state index is -0.788. The summed E-state index contributed by atoms with van der Waals surface area (Å²) in [7, 11) is 0. The topological polar surface area (TPSA) is 74.7 Å². The predicted molar refractivity (Wildman–Crippen MR) is 124 cm³/mol. The van der Waals surface area contributed by atoms with Crippen LogP contribution in [0.1, 0.15) is 67.3 Å². The molecule has 2 fully saturated rings. The zero-order valence-electron chi connectivity index (χ0n) is 18.6. The van der Waals surface area contributed by atoms with Crippen LogP contribution in [0.15, 0.2) is 42.5 Å². The molecule has 1 unspecified atom stereocenters. The number of hydrogen-bond acceptors (Lipinski definition) is 5. The number of carboxylic acid groups (broad SMARTS) is 1. The minimum Gasteiger partial charge on any atom is -0.480 e. The monoisotopic (exact) mass is 435 g/mol. The Morgan fingerprint density at radius 2 is 1.88 bits per heavy atom. The van der Waals surface area contributed by atoms with Gasteiger partial charge < -0.3 is 15.2 Å². The van der Waals surface area contributed by atoms with Crippen molar-refractivity contribution in [3.63, 3.8) is 0 Å². The Hall–Kier alpha value is -2.44. The van der Waals surface area contributed by atoms with Crippen molar-refractivity contribution in [2.45, 2.75) is 69.1 Å². The average molecular weight is 436 g/mol. The van der Waals surface area contributed by atoms with Gasteiger partial charge in [-0.25, -0.2) is 4.98 Å². The largest absolute Gasteiger partial charge is 0.480 e. The molecule has 170 valence electrons. The molecule has 1 aromatic carbocycles. The Morgan fingerprint density at radius 3 is 2.66 bits per heavy atom. The Balaban J connectivity index is 1.14. The maximum atomic E-state index is 12.0. The van der Waals surface area contributed by atoms with Gasteiger partial charge in [0, 0.05) is 31.2 Å². The lowest BCUT2D eigenvalue weighted by atomic mass is 9.84. The smallest absolute Gasteiger partial charge is 0.325 e. The number of nitrogens with one attached hydrogen (secondary N) is 1. The molecule has 0 bridgehead atoms. The van der Waals surface area contributed by atoms with E-state index in [1.807, 2.05) is 30.3 Å². The summed E-state index contributed by atoms with van der Waals surface area (Å²) >= 11 is 0. The molecule has 5 rings (SSSR count). The first-order valence-corrected chi connectivity index (χ1v) is 12.1. The number of aliphatic carboxylic acids is 1. The zero-order chi connectivity index (χ0) is 21.9. The molecule has 2 atom stereocenters. The number of anilines is 1. The van der Waals surface area contributed by atoms with E-state index in [-0.39, 0.29) is 12.2 Å². The Kier molecular flexibility index (Phi) is 6.42. The molecular formula is C26H33N3O3. The molecule has 2 aromatic rings. The van der Waals surface area contributed by atoms with Gasteiger partial charge in [-0.15, -0.1) is 0 Å². The number of likely N-dealkylation sites (tertiary alicyclic amines) is 1. The lowest BCUT2D eigenvalue weighted by Crippen LogP contribution is -2.34. The number of fused-ring (bicyclic) bond motifs is 1. The van der Waals surface area contributed by atoms with Gasteiger partial charge in [-0.2, -0.15) is 0 Å². The maximum Gasteiger partial charge on any atom is 0.325 e. The first kappa shape index (κ1) is 21.4. The van der Waals surface area contributed by atoms with Crippen LogP contribution in [0.2, 0.25) is 0 Å². The highest BCUT2D eigenvalue weighted by atomic mass is 16.5. The van der Waals surface area contributed by atoms with Crippen molar-refractivity contribution in [1.29, 1.82) is 0 Å². The van der Waals surface area contributed by atoms with Gasteiger partial charge in [0.2, 0.25) is 0 Å². The van der Waals surface area contributed by atoms with Crippen LogP contribution in [0, 0.1) is 0 Å². The van der Waals surface area contributed by atoms with E-state index in [0.717, 1.165) is 63.0 Å². The highest BCUT2D eigenvalue weighted by Crippen LogP contribution is 2.36. The molecule has 32 heavy (non-hydrogen) atoms. The molecule has 0 radical (unpaired) electrons. The molecule has 2 N–H and O–H groups in total. The number of aromatic nitrogens is 1.